The van der Waals surface area contributed by atoms with Gasteiger partial charge in [0, 0.05) is 6.20 Å². The number of aromatic nitrogens is 3. The first-order valence-electron chi connectivity index (χ1n) is 5.91. The van der Waals surface area contributed by atoms with E-state index in [2.05, 4.69) is 9.97 Å². The minimum atomic E-state index is -1.70. The van der Waals surface area contributed by atoms with Crippen LogP contribution in [0.1, 0.15) is 6.23 Å². The fraction of sp³-hybridized carbons (Fsp3) is 0.455. The number of nitrogens with zero attached hydrogens (tertiary/aromatic N) is 3. The maximum absolute atomic E-state index is 14.1. The minimum Gasteiger partial charge on any atom is -0.394 e. The first kappa shape index (κ1) is 13.5. The molecule has 0 spiro atoms. The van der Waals surface area contributed by atoms with Gasteiger partial charge in [-0.25, -0.2) is 9.37 Å². The highest BCUT2D eigenvalue weighted by Gasteiger charge is 2.45. The van der Waals surface area contributed by atoms with Gasteiger partial charge in [0.05, 0.1) is 12.0 Å². The molecule has 0 aromatic carbocycles. The van der Waals surface area contributed by atoms with E-state index in [1.54, 1.807) is 6.07 Å². The van der Waals surface area contributed by atoms with Crippen LogP contribution in [0.15, 0.2) is 12.3 Å². The summed E-state index contributed by atoms with van der Waals surface area (Å²) >= 11 is 5.93. The van der Waals surface area contributed by atoms with Gasteiger partial charge in [0.15, 0.2) is 12.4 Å². The fourth-order valence-corrected chi connectivity index (χ4v) is 2.53. The lowest BCUT2D eigenvalue weighted by Crippen LogP contribution is -2.30. The fourth-order valence-electron chi connectivity index (χ4n) is 2.30. The largest absolute Gasteiger partial charge is 0.394 e. The first-order valence-corrected chi connectivity index (χ1v) is 6.28. The van der Waals surface area contributed by atoms with Crippen LogP contribution in [0.4, 0.5) is 10.3 Å². The maximum atomic E-state index is 14.1. The molecule has 0 amide bonds. The van der Waals surface area contributed by atoms with E-state index in [1.165, 1.54) is 10.8 Å². The lowest BCUT2D eigenvalue weighted by atomic mass is 10.1. The summed E-state index contributed by atoms with van der Waals surface area (Å²) in [6, 6.07) is 1.60. The van der Waals surface area contributed by atoms with Crippen LogP contribution in [0, 0.1) is 0 Å². The molecule has 2 aromatic rings. The molecule has 1 fully saturated rings. The Balaban J connectivity index is 2.07. The Kier molecular flexibility index (Phi) is 3.25. The van der Waals surface area contributed by atoms with Crippen LogP contribution in [-0.4, -0.2) is 49.7 Å². The number of fused-ring (bicyclic) bond motifs is 1. The second-order valence-electron chi connectivity index (χ2n) is 4.52. The molecule has 1 aliphatic heterocycles. The average Bonchev–Trinajstić information content (AvgIpc) is 2.93. The van der Waals surface area contributed by atoms with Gasteiger partial charge in [-0.05, 0) is 6.07 Å². The van der Waals surface area contributed by atoms with Gasteiger partial charge in [0.1, 0.15) is 23.0 Å². The molecule has 3 rings (SSSR count). The maximum Gasteiger partial charge on any atom is 0.223 e. The van der Waals surface area contributed by atoms with Gasteiger partial charge in [0.2, 0.25) is 5.95 Å². The predicted octanol–water partition coefficient (Wildman–Crippen LogP) is 0.256. The molecule has 1 saturated heterocycles. The Labute approximate surface area is 117 Å². The highest BCUT2D eigenvalue weighted by molar-refractivity contribution is 6.34. The Morgan fingerprint density at radius 2 is 2.25 bits per heavy atom. The lowest BCUT2D eigenvalue weighted by Gasteiger charge is -2.16. The number of aliphatic hydroxyl groups is 2. The molecule has 9 heteroatoms. The normalized spacial score (nSPS) is 30.2. The Hall–Kier alpha value is -1.48. The summed E-state index contributed by atoms with van der Waals surface area (Å²) in [4.78, 5) is 7.81. The average molecular weight is 303 g/mol. The lowest BCUT2D eigenvalue weighted by molar-refractivity contribution is -0.0457. The number of halogens is 2. The molecule has 108 valence electrons. The minimum absolute atomic E-state index is 0.0462. The van der Waals surface area contributed by atoms with E-state index in [-0.39, 0.29) is 11.1 Å². The van der Waals surface area contributed by atoms with Crippen molar-refractivity contribution >= 4 is 28.6 Å². The second-order valence-corrected chi connectivity index (χ2v) is 4.87. The quantitative estimate of drug-likeness (QED) is 0.687. The molecule has 0 unspecified atom stereocenters. The van der Waals surface area contributed by atoms with E-state index in [0.717, 1.165) is 0 Å². The number of anilines is 1. The first-order chi connectivity index (χ1) is 9.52. The van der Waals surface area contributed by atoms with Crippen molar-refractivity contribution < 1.29 is 19.3 Å². The van der Waals surface area contributed by atoms with Crippen molar-refractivity contribution in [2.45, 2.75) is 24.6 Å². The molecule has 4 atom stereocenters. The van der Waals surface area contributed by atoms with Gasteiger partial charge in [-0.2, -0.15) is 4.98 Å². The van der Waals surface area contributed by atoms with Crippen molar-refractivity contribution in [3.05, 3.63) is 17.4 Å². The topological polar surface area (TPSA) is 106 Å². The molecule has 2 aromatic heterocycles. The van der Waals surface area contributed by atoms with Gasteiger partial charge in [-0.3, -0.25) is 0 Å². The Morgan fingerprint density at radius 3 is 2.90 bits per heavy atom. The van der Waals surface area contributed by atoms with Crippen molar-refractivity contribution in [1.29, 1.82) is 0 Å². The number of nitrogens with two attached hydrogens (primary N) is 1. The Bertz CT molecular complexity index is 652. The molecule has 0 radical (unpaired) electrons. The van der Waals surface area contributed by atoms with Crippen molar-refractivity contribution in [3.63, 3.8) is 0 Å². The van der Waals surface area contributed by atoms with Crippen molar-refractivity contribution in [2.24, 2.45) is 0 Å². The van der Waals surface area contributed by atoms with Crippen LogP contribution in [-0.2, 0) is 4.74 Å². The monoisotopic (exact) mass is 302 g/mol. The van der Waals surface area contributed by atoms with E-state index in [9.17, 15) is 9.50 Å². The number of nitrogen functional groups attached to an aromatic ring is 1. The van der Waals surface area contributed by atoms with Crippen LogP contribution in [0.25, 0.3) is 11.0 Å². The van der Waals surface area contributed by atoms with Gasteiger partial charge in [-0.15, -0.1) is 0 Å². The van der Waals surface area contributed by atoms with Crippen LogP contribution in [0.3, 0.4) is 0 Å². The molecule has 3 heterocycles. The van der Waals surface area contributed by atoms with Gasteiger partial charge in [0.25, 0.3) is 0 Å². The van der Waals surface area contributed by atoms with Crippen LogP contribution in [0.2, 0.25) is 5.15 Å². The molecular formula is C11H12ClFN4O3. The SMILES string of the molecule is Nc1nc(Cl)c2ccn([C@@H]3O[C@H](CO)[C@@H](O)[C@@H]3F)c2n1. The zero-order chi connectivity index (χ0) is 14.4. The summed E-state index contributed by atoms with van der Waals surface area (Å²) < 4.78 is 20.8. The number of hydrogen-bond acceptors (Lipinski definition) is 6. The van der Waals surface area contributed by atoms with Crippen LogP contribution >= 0.6 is 11.6 Å². The van der Waals surface area contributed by atoms with E-state index in [1.807, 2.05) is 0 Å². The third-order valence-electron chi connectivity index (χ3n) is 3.29. The number of aliphatic hydroxyl groups excluding tert-OH is 2. The standard InChI is InChI=1S/C11H12ClFN4O3/c12-8-4-1-2-17(9(4)16-11(14)15-8)10-6(13)7(19)5(3-18)20-10/h1-2,5-7,10,18-19H,3H2,(H2,14,15,16)/t5-,6+,7-,10-/m1/s1. The van der Waals surface area contributed by atoms with Crippen LogP contribution < -0.4 is 5.73 Å². The zero-order valence-corrected chi connectivity index (χ0v) is 10.9. The summed E-state index contributed by atoms with van der Waals surface area (Å²) in [7, 11) is 0. The van der Waals surface area contributed by atoms with Gasteiger partial charge < -0.3 is 25.3 Å². The molecule has 7 nitrogen and oxygen atoms in total. The molecule has 0 bridgehead atoms. The van der Waals surface area contributed by atoms with Crippen molar-refractivity contribution in [1.82, 2.24) is 14.5 Å². The number of hydrogen-bond donors (Lipinski definition) is 3. The third-order valence-corrected chi connectivity index (χ3v) is 3.58. The zero-order valence-electron chi connectivity index (χ0n) is 10.1. The summed E-state index contributed by atoms with van der Waals surface area (Å²) in [6.45, 7) is -0.477. The van der Waals surface area contributed by atoms with E-state index in [0.29, 0.717) is 11.0 Å². The molecule has 1 aliphatic rings. The van der Waals surface area contributed by atoms with E-state index in [4.69, 9.17) is 27.2 Å². The summed E-state index contributed by atoms with van der Waals surface area (Å²) in [5.74, 6) is -0.0462. The van der Waals surface area contributed by atoms with E-state index < -0.39 is 31.2 Å². The van der Waals surface area contributed by atoms with Crippen molar-refractivity contribution in [3.8, 4) is 0 Å². The van der Waals surface area contributed by atoms with Crippen molar-refractivity contribution in [2.75, 3.05) is 12.3 Å². The molecule has 0 saturated carbocycles. The molecule has 20 heavy (non-hydrogen) atoms. The second kappa shape index (κ2) is 4.81. The number of rotatable bonds is 2. The number of alkyl halides is 1. The highest BCUT2D eigenvalue weighted by Crippen LogP contribution is 2.35. The molecule has 4 N–H and O–H groups in total. The molecular weight excluding hydrogens is 291 g/mol. The van der Waals surface area contributed by atoms with Gasteiger partial charge >= 0.3 is 0 Å². The summed E-state index contributed by atoms with van der Waals surface area (Å²) in [5, 5.41) is 19.3. The third kappa shape index (κ3) is 1.92. The summed E-state index contributed by atoms with van der Waals surface area (Å²) in [6.07, 6.45) is -3.67. The predicted molar refractivity (Wildman–Crippen MR) is 68.8 cm³/mol. The summed E-state index contributed by atoms with van der Waals surface area (Å²) in [5.41, 5.74) is 5.83. The van der Waals surface area contributed by atoms with Gasteiger partial charge in [-0.1, -0.05) is 11.6 Å². The van der Waals surface area contributed by atoms with E-state index >= 15 is 0 Å². The Morgan fingerprint density at radius 1 is 1.50 bits per heavy atom. The smallest absolute Gasteiger partial charge is 0.223 e. The highest BCUT2D eigenvalue weighted by atomic mass is 35.5. The number of ether oxygens (including phenoxy) is 1. The molecule has 0 aliphatic carbocycles. The van der Waals surface area contributed by atoms with Crippen LogP contribution in [0.5, 0.6) is 0 Å².